The molecule has 0 saturated heterocycles. The van der Waals surface area contributed by atoms with Crippen molar-refractivity contribution in [3.8, 4) is 5.75 Å². The summed E-state index contributed by atoms with van der Waals surface area (Å²) in [6.45, 7) is 6.01. The summed E-state index contributed by atoms with van der Waals surface area (Å²) in [4.78, 5) is 10.8. The second-order valence-electron chi connectivity index (χ2n) is 3.50. The van der Waals surface area contributed by atoms with Gasteiger partial charge in [-0.25, -0.2) is 0 Å². The van der Waals surface area contributed by atoms with Gasteiger partial charge in [-0.1, -0.05) is 18.6 Å². The number of rotatable bonds is 4. The average molecular weight is 192 g/mol. The van der Waals surface area contributed by atoms with E-state index in [0.29, 0.717) is 11.3 Å². The molecule has 1 unspecified atom stereocenters. The lowest BCUT2D eigenvalue weighted by Crippen LogP contribution is -2.11. The molecule has 0 radical (unpaired) electrons. The lowest BCUT2D eigenvalue weighted by molar-refractivity contribution is 0.111. The number of benzene rings is 1. The minimum absolute atomic E-state index is 0.149. The zero-order chi connectivity index (χ0) is 10.6. The van der Waals surface area contributed by atoms with Crippen molar-refractivity contribution in [1.29, 1.82) is 0 Å². The second kappa shape index (κ2) is 4.80. The molecule has 0 aliphatic heterocycles. The molecule has 1 atom stereocenters. The van der Waals surface area contributed by atoms with Gasteiger partial charge in [0.15, 0.2) is 6.29 Å². The third kappa shape index (κ3) is 2.59. The Labute approximate surface area is 84.9 Å². The number of carbonyl (C=O) groups is 1. The lowest BCUT2D eigenvalue weighted by atomic mass is 10.1. The number of ether oxygens (including phenoxy) is 1. The number of hydrogen-bond acceptors (Lipinski definition) is 2. The van der Waals surface area contributed by atoms with Crippen LogP contribution in [0.15, 0.2) is 18.2 Å². The number of carbonyl (C=O) groups excluding carboxylic acids is 1. The van der Waals surface area contributed by atoms with Gasteiger partial charge in [0, 0.05) is 0 Å². The minimum Gasteiger partial charge on any atom is -0.490 e. The van der Waals surface area contributed by atoms with Crippen molar-refractivity contribution in [3.63, 3.8) is 0 Å². The maximum Gasteiger partial charge on any atom is 0.153 e. The molecule has 0 heterocycles. The molecule has 0 bridgehead atoms. The first-order chi connectivity index (χ1) is 6.67. The van der Waals surface area contributed by atoms with Crippen LogP contribution in [-0.4, -0.2) is 12.4 Å². The largest absolute Gasteiger partial charge is 0.490 e. The van der Waals surface area contributed by atoms with Gasteiger partial charge in [-0.3, -0.25) is 4.79 Å². The summed E-state index contributed by atoms with van der Waals surface area (Å²) in [7, 11) is 0. The molecule has 0 saturated carbocycles. The van der Waals surface area contributed by atoms with Crippen LogP contribution in [0.1, 0.15) is 36.2 Å². The Morgan fingerprint density at radius 3 is 2.79 bits per heavy atom. The zero-order valence-corrected chi connectivity index (χ0v) is 8.91. The summed E-state index contributed by atoms with van der Waals surface area (Å²) in [6.07, 6.45) is 1.92. The van der Waals surface area contributed by atoms with Crippen molar-refractivity contribution in [1.82, 2.24) is 0 Å². The van der Waals surface area contributed by atoms with Gasteiger partial charge >= 0.3 is 0 Å². The molecule has 0 spiro atoms. The van der Waals surface area contributed by atoms with Crippen molar-refractivity contribution in [2.45, 2.75) is 33.3 Å². The fourth-order valence-corrected chi connectivity index (χ4v) is 1.17. The molecule has 2 nitrogen and oxygen atoms in total. The average Bonchev–Trinajstić information content (AvgIpc) is 2.20. The molecule has 0 aromatic heterocycles. The van der Waals surface area contributed by atoms with Gasteiger partial charge in [-0.15, -0.1) is 0 Å². The monoisotopic (exact) mass is 192 g/mol. The normalized spacial score (nSPS) is 12.2. The van der Waals surface area contributed by atoms with E-state index >= 15 is 0 Å². The van der Waals surface area contributed by atoms with Crippen molar-refractivity contribution < 1.29 is 9.53 Å². The molecule has 1 rings (SSSR count). The molecule has 1 aromatic rings. The van der Waals surface area contributed by atoms with Gasteiger partial charge in [0.25, 0.3) is 0 Å². The molecule has 1 aromatic carbocycles. The van der Waals surface area contributed by atoms with Gasteiger partial charge in [0.2, 0.25) is 0 Å². The number of aryl methyl sites for hydroxylation is 1. The predicted octanol–water partition coefficient (Wildman–Crippen LogP) is 2.98. The van der Waals surface area contributed by atoms with Gasteiger partial charge in [-0.05, 0) is 32.4 Å². The van der Waals surface area contributed by atoms with Crippen LogP contribution < -0.4 is 4.74 Å². The van der Waals surface area contributed by atoms with E-state index in [1.54, 1.807) is 0 Å². The molecule has 0 aliphatic carbocycles. The van der Waals surface area contributed by atoms with Crippen LogP contribution in [0.25, 0.3) is 0 Å². The van der Waals surface area contributed by atoms with Crippen LogP contribution in [0.4, 0.5) is 0 Å². The summed E-state index contributed by atoms with van der Waals surface area (Å²) < 4.78 is 5.61. The van der Waals surface area contributed by atoms with E-state index in [-0.39, 0.29) is 6.10 Å². The highest BCUT2D eigenvalue weighted by Gasteiger charge is 2.06. The third-order valence-electron chi connectivity index (χ3n) is 2.20. The van der Waals surface area contributed by atoms with E-state index in [4.69, 9.17) is 4.74 Å². The molecule has 0 fully saturated rings. The van der Waals surface area contributed by atoms with Crippen LogP contribution >= 0.6 is 0 Å². The Balaban J connectivity index is 2.90. The maximum absolute atomic E-state index is 10.8. The lowest BCUT2D eigenvalue weighted by Gasteiger charge is -2.14. The molecule has 0 N–H and O–H groups in total. The Kier molecular flexibility index (Phi) is 3.69. The SMILES string of the molecule is CCC(C)Oc1ccc(C)cc1C=O. The van der Waals surface area contributed by atoms with Crippen molar-refractivity contribution in [2.24, 2.45) is 0 Å². The summed E-state index contributed by atoms with van der Waals surface area (Å²) in [6, 6.07) is 5.64. The summed E-state index contributed by atoms with van der Waals surface area (Å²) in [5.41, 5.74) is 1.70. The fraction of sp³-hybridized carbons (Fsp3) is 0.417. The van der Waals surface area contributed by atoms with E-state index in [1.807, 2.05) is 32.0 Å². The Bertz CT molecular complexity index is 318. The highest BCUT2D eigenvalue weighted by Crippen LogP contribution is 2.19. The van der Waals surface area contributed by atoms with Gasteiger partial charge < -0.3 is 4.74 Å². The van der Waals surface area contributed by atoms with E-state index < -0.39 is 0 Å². The van der Waals surface area contributed by atoms with Crippen LogP contribution in [0, 0.1) is 6.92 Å². The molecular formula is C12H16O2. The zero-order valence-electron chi connectivity index (χ0n) is 8.91. The molecule has 0 aliphatic rings. The van der Waals surface area contributed by atoms with E-state index in [9.17, 15) is 4.79 Å². The molecule has 0 amide bonds. The van der Waals surface area contributed by atoms with E-state index in [0.717, 1.165) is 18.3 Å². The van der Waals surface area contributed by atoms with E-state index in [2.05, 4.69) is 6.92 Å². The first kappa shape index (κ1) is 10.8. The standard InChI is InChI=1S/C12H16O2/c1-4-10(3)14-12-6-5-9(2)7-11(12)8-13/h5-8,10H,4H2,1-3H3. The van der Waals surface area contributed by atoms with Crippen molar-refractivity contribution in [2.75, 3.05) is 0 Å². The molecule has 76 valence electrons. The predicted molar refractivity (Wildman–Crippen MR) is 56.9 cm³/mol. The van der Waals surface area contributed by atoms with Crippen LogP contribution in [0.2, 0.25) is 0 Å². The molecule has 2 heteroatoms. The van der Waals surface area contributed by atoms with Crippen LogP contribution in [0.5, 0.6) is 5.75 Å². The third-order valence-corrected chi connectivity index (χ3v) is 2.20. The highest BCUT2D eigenvalue weighted by atomic mass is 16.5. The van der Waals surface area contributed by atoms with Crippen molar-refractivity contribution in [3.05, 3.63) is 29.3 Å². The minimum atomic E-state index is 0.149. The first-order valence-electron chi connectivity index (χ1n) is 4.89. The molecular weight excluding hydrogens is 176 g/mol. The summed E-state index contributed by atoms with van der Waals surface area (Å²) in [5.74, 6) is 0.681. The van der Waals surface area contributed by atoms with Gasteiger partial charge in [0.05, 0.1) is 11.7 Å². The van der Waals surface area contributed by atoms with Crippen LogP contribution in [0.3, 0.4) is 0 Å². The smallest absolute Gasteiger partial charge is 0.153 e. The molecule has 14 heavy (non-hydrogen) atoms. The van der Waals surface area contributed by atoms with Crippen molar-refractivity contribution >= 4 is 6.29 Å². The fourth-order valence-electron chi connectivity index (χ4n) is 1.17. The number of aldehydes is 1. The highest BCUT2D eigenvalue weighted by molar-refractivity contribution is 5.79. The number of hydrogen-bond donors (Lipinski definition) is 0. The van der Waals surface area contributed by atoms with E-state index in [1.165, 1.54) is 0 Å². The van der Waals surface area contributed by atoms with Gasteiger partial charge in [0.1, 0.15) is 5.75 Å². The second-order valence-corrected chi connectivity index (χ2v) is 3.50. The Morgan fingerprint density at radius 1 is 1.50 bits per heavy atom. The summed E-state index contributed by atoms with van der Waals surface area (Å²) in [5, 5.41) is 0. The maximum atomic E-state index is 10.8. The topological polar surface area (TPSA) is 26.3 Å². The van der Waals surface area contributed by atoms with Crippen LogP contribution in [-0.2, 0) is 0 Å². The first-order valence-corrected chi connectivity index (χ1v) is 4.89. The van der Waals surface area contributed by atoms with Gasteiger partial charge in [-0.2, -0.15) is 0 Å². The quantitative estimate of drug-likeness (QED) is 0.685. The Morgan fingerprint density at radius 2 is 2.21 bits per heavy atom. The Hall–Kier alpha value is -1.31. The summed E-state index contributed by atoms with van der Waals surface area (Å²) >= 11 is 0.